The standard InChI is InChI=1S/C18H17ClN2O6/c1-10-8-12(4-6-15(10)21(24)25)18(23)27-11(2)17(22)20-13-5-7-16(26-3)14(19)9-13/h4-9,11H,1-3H3,(H,20,22)/t11-/m1/s1. The second kappa shape index (κ2) is 8.50. The lowest BCUT2D eigenvalue weighted by Gasteiger charge is -2.14. The maximum atomic E-state index is 12.2. The van der Waals surface area contributed by atoms with Crippen LogP contribution in [0.4, 0.5) is 11.4 Å². The van der Waals surface area contributed by atoms with Crippen molar-refractivity contribution in [3.63, 3.8) is 0 Å². The van der Waals surface area contributed by atoms with Gasteiger partial charge in [0.15, 0.2) is 6.10 Å². The molecule has 2 aromatic carbocycles. The van der Waals surface area contributed by atoms with Gasteiger partial charge in [0.2, 0.25) is 0 Å². The fourth-order valence-electron chi connectivity index (χ4n) is 2.26. The number of ether oxygens (including phenoxy) is 2. The van der Waals surface area contributed by atoms with E-state index in [9.17, 15) is 19.7 Å². The summed E-state index contributed by atoms with van der Waals surface area (Å²) in [7, 11) is 1.47. The number of methoxy groups -OCH3 is 1. The molecule has 0 bridgehead atoms. The Morgan fingerprint density at radius 3 is 2.48 bits per heavy atom. The molecule has 0 radical (unpaired) electrons. The Balaban J connectivity index is 2.03. The minimum atomic E-state index is -1.09. The summed E-state index contributed by atoms with van der Waals surface area (Å²) in [6.45, 7) is 2.93. The third-order valence-electron chi connectivity index (χ3n) is 3.70. The molecule has 0 unspecified atom stereocenters. The Morgan fingerprint density at radius 2 is 1.93 bits per heavy atom. The summed E-state index contributed by atoms with van der Waals surface area (Å²) >= 11 is 6.00. The Kier molecular flexibility index (Phi) is 6.36. The number of rotatable bonds is 6. The third kappa shape index (κ3) is 4.95. The molecule has 0 fully saturated rings. The number of carbonyl (C=O) groups excluding carboxylic acids is 2. The average Bonchev–Trinajstić information content (AvgIpc) is 2.61. The molecule has 9 heteroatoms. The second-order valence-corrected chi connectivity index (χ2v) is 6.05. The summed E-state index contributed by atoms with van der Waals surface area (Å²) in [6.07, 6.45) is -1.09. The first-order valence-electron chi connectivity index (χ1n) is 7.83. The fourth-order valence-corrected chi connectivity index (χ4v) is 2.52. The summed E-state index contributed by atoms with van der Waals surface area (Å²) < 4.78 is 10.2. The third-order valence-corrected chi connectivity index (χ3v) is 4.00. The number of halogens is 1. The van der Waals surface area contributed by atoms with Gasteiger partial charge in [-0.15, -0.1) is 0 Å². The molecular formula is C18H17ClN2O6. The van der Waals surface area contributed by atoms with Crippen LogP contribution < -0.4 is 10.1 Å². The molecule has 1 amide bonds. The molecule has 0 saturated carbocycles. The number of esters is 1. The van der Waals surface area contributed by atoms with Gasteiger partial charge in [0, 0.05) is 17.3 Å². The number of carbonyl (C=O) groups is 2. The van der Waals surface area contributed by atoms with Crippen LogP contribution in [0.5, 0.6) is 5.75 Å². The van der Waals surface area contributed by atoms with Crippen molar-refractivity contribution in [2.45, 2.75) is 20.0 Å². The van der Waals surface area contributed by atoms with Crippen molar-refractivity contribution < 1.29 is 24.0 Å². The number of nitro benzene ring substituents is 1. The van der Waals surface area contributed by atoms with E-state index in [1.807, 2.05) is 0 Å². The van der Waals surface area contributed by atoms with Crippen LogP contribution in [-0.4, -0.2) is 30.0 Å². The number of benzene rings is 2. The zero-order valence-corrected chi connectivity index (χ0v) is 15.6. The first-order valence-corrected chi connectivity index (χ1v) is 8.21. The average molecular weight is 393 g/mol. The SMILES string of the molecule is COc1ccc(NC(=O)[C@@H](C)OC(=O)c2ccc([N+](=O)[O-])c(C)c2)cc1Cl. The molecule has 1 N–H and O–H groups in total. The number of nitro groups is 1. The van der Waals surface area contributed by atoms with Gasteiger partial charge in [0.05, 0.1) is 22.6 Å². The van der Waals surface area contributed by atoms with Crippen LogP contribution >= 0.6 is 11.6 Å². The van der Waals surface area contributed by atoms with Crippen molar-refractivity contribution in [3.8, 4) is 5.75 Å². The molecule has 27 heavy (non-hydrogen) atoms. The van der Waals surface area contributed by atoms with Gasteiger partial charge in [0.25, 0.3) is 11.6 Å². The van der Waals surface area contributed by atoms with E-state index in [0.29, 0.717) is 22.0 Å². The summed E-state index contributed by atoms with van der Waals surface area (Å²) in [5, 5.41) is 13.7. The van der Waals surface area contributed by atoms with E-state index in [4.69, 9.17) is 21.1 Å². The number of hydrogen-bond acceptors (Lipinski definition) is 6. The highest BCUT2D eigenvalue weighted by Crippen LogP contribution is 2.27. The fraction of sp³-hybridized carbons (Fsp3) is 0.222. The molecule has 1 atom stereocenters. The first kappa shape index (κ1) is 20.2. The monoisotopic (exact) mass is 392 g/mol. The molecular weight excluding hydrogens is 376 g/mol. The number of nitrogens with zero attached hydrogens (tertiary/aromatic N) is 1. The minimum Gasteiger partial charge on any atom is -0.495 e. The highest BCUT2D eigenvalue weighted by Gasteiger charge is 2.21. The summed E-state index contributed by atoms with van der Waals surface area (Å²) in [4.78, 5) is 34.7. The van der Waals surface area contributed by atoms with Gasteiger partial charge in [-0.25, -0.2) is 4.79 Å². The largest absolute Gasteiger partial charge is 0.495 e. The van der Waals surface area contributed by atoms with E-state index < -0.39 is 22.9 Å². The van der Waals surface area contributed by atoms with E-state index in [2.05, 4.69) is 5.32 Å². The molecule has 2 rings (SSSR count). The molecule has 0 heterocycles. The number of anilines is 1. The summed E-state index contributed by atoms with van der Waals surface area (Å²) in [5.74, 6) is -0.852. The van der Waals surface area contributed by atoms with E-state index >= 15 is 0 Å². The van der Waals surface area contributed by atoms with Crippen LogP contribution in [0.1, 0.15) is 22.8 Å². The van der Waals surface area contributed by atoms with Crippen molar-refractivity contribution >= 4 is 34.9 Å². The molecule has 0 saturated heterocycles. The van der Waals surface area contributed by atoms with Crippen molar-refractivity contribution in [1.29, 1.82) is 0 Å². The van der Waals surface area contributed by atoms with Gasteiger partial charge >= 0.3 is 5.97 Å². The minimum absolute atomic E-state index is 0.103. The normalized spacial score (nSPS) is 11.4. The zero-order valence-electron chi connectivity index (χ0n) is 14.8. The topological polar surface area (TPSA) is 108 Å². The van der Waals surface area contributed by atoms with Crippen LogP contribution in [-0.2, 0) is 9.53 Å². The Morgan fingerprint density at radius 1 is 1.22 bits per heavy atom. The maximum Gasteiger partial charge on any atom is 0.338 e. The number of hydrogen-bond donors (Lipinski definition) is 1. The summed E-state index contributed by atoms with van der Waals surface area (Å²) in [5.41, 5.74) is 0.748. The van der Waals surface area contributed by atoms with Crippen molar-refractivity contribution in [2.24, 2.45) is 0 Å². The van der Waals surface area contributed by atoms with Gasteiger partial charge in [-0.3, -0.25) is 14.9 Å². The lowest BCUT2D eigenvalue weighted by atomic mass is 10.1. The maximum absolute atomic E-state index is 12.2. The predicted octanol–water partition coefficient (Wildman–Crippen LogP) is 3.75. The molecule has 0 aliphatic rings. The highest BCUT2D eigenvalue weighted by molar-refractivity contribution is 6.32. The molecule has 0 spiro atoms. The molecule has 8 nitrogen and oxygen atoms in total. The zero-order chi connectivity index (χ0) is 20.1. The van der Waals surface area contributed by atoms with Crippen molar-refractivity contribution in [3.05, 3.63) is 62.7 Å². The van der Waals surface area contributed by atoms with Crippen LogP contribution in [0.15, 0.2) is 36.4 Å². The van der Waals surface area contributed by atoms with E-state index in [-0.39, 0.29) is 11.3 Å². The second-order valence-electron chi connectivity index (χ2n) is 5.64. The molecule has 0 aromatic heterocycles. The van der Waals surface area contributed by atoms with Crippen molar-refractivity contribution in [1.82, 2.24) is 0 Å². The Hall–Kier alpha value is -3.13. The van der Waals surface area contributed by atoms with Crippen molar-refractivity contribution in [2.75, 3.05) is 12.4 Å². The number of aryl methyl sites for hydroxylation is 1. The van der Waals surface area contributed by atoms with Gasteiger partial charge in [-0.1, -0.05) is 11.6 Å². The highest BCUT2D eigenvalue weighted by atomic mass is 35.5. The predicted molar refractivity (Wildman–Crippen MR) is 99.3 cm³/mol. The quantitative estimate of drug-likeness (QED) is 0.455. The number of nitrogens with one attached hydrogen (secondary N) is 1. The molecule has 0 aliphatic carbocycles. The van der Waals surface area contributed by atoms with Gasteiger partial charge in [0.1, 0.15) is 5.75 Å². The smallest absolute Gasteiger partial charge is 0.338 e. The van der Waals surface area contributed by atoms with Crippen LogP contribution in [0.2, 0.25) is 5.02 Å². The molecule has 142 valence electrons. The van der Waals surface area contributed by atoms with Crippen LogP contribution in [0.3, 0.4) is 0 Å². The first-order chi connectivity index (χ1) is 12.7. The van der Waals surface area contributed by atoms with Gasteiger partial charge in [-0.05, 0) is 44.2 Å². The number of amides is 1. The van der Waals surface area contributed by atoms with E-state index in [1.54, 1.807) is 12.1 Å². The molecule has 0 aliphatic heterocycles. The lowest BCUT2D eigenvalue weighted by molar-refractivity contribution is -0.385. The van der Waals surface area contributed by atoms with E-state index in [0.717, 1.165) is 0 Å². The molecule has 2 aromatic rings. The van der Waals surface area contributed by atoms with Gasteiger partial charge in [-0.2, -0.15) is 0 Å². The Bertz CT molecular complexity index is 899. The van der Waals surface area contributed by atoms with Crippen LogP contribution in [0.25, 0.3) is 0 Å². The lowest BCUT2D eigenvalue weighted by Crippen LogP contribution is -2.30. The van der Waals surface area contributed by atoms with Gasteiger partial charge < -0.3 is 14.8 Å². The van der Waals surface area contributed by atoms with E-state index in [1.165, 1.54) is 45.2 Å². The Labute approximate surface area is 160 Å². The van der Waals surface area contributed by atoms with Crippen LogP contribution in [0, 0.1) is 17.0 Å². The summed E-state index contributed by atoms with van der Waals surface area (Å²) in [6, 6.07) is 8.53.